The largest absolute Gasteiger partial charge is 0.388 e. The van der Waals surface area contributed by atoms with E-state index in [1.165, 1.54) is 6.26 Å². The average Bonchev–Trinajstić information content (AvgIpc) is 2.60. The molecule has 6 heteroatoms. The fourth-order valence-electron chi connectivity index (χ4n) is 2.62. The van der Waals surface area contributed by atoms with Crippen LogP contribution in [0.25, 0.3) is 0 Å². The molecule has 1 atom stereocenters. The molecular weight excluding hydrogens is 350 g/mol. The Hall–Kier alpha value is -2.18. The number of aliphatic hydroxyl groups is 1. The van der Waals surface area contributed by atoms with Gasteiger partial charge in [-0.2, -0.15) is 0 Å². The first-order valence-corrected chi connectivity index (χ1v) is 10.7. The Morgan fingerprint density at radius 3 is 2.35 bits per heavy atom. The van der Waals surface area contributed by atoms with Crippen LogP contribution in [0.15, 0.2) is 54.6 Å². The highest BCUT2D eigenvalue weighted by Crippen LogP contribution is 2.19. The lowest BCUT2D eigenvalue weighted by Gasteiger charge is -2.11. The van der Waals surface area contributed by atoms with Crippen molar-refractivity contribution in [1.29, 1.82) is 0 Å². The van der Waals surface area contributed by atoms with E-state index in [4.69, 9.17) is 0 Å². The molecule has 0 spiro atoms. The van der Waals surface area contributed by atoms with Crippen molar-refractivity contribution in [3.63, 3.8) is 0 Å². The first kappa shape index (κ1) is 20.1. The number of nitrogens with one attached hydrogen (secondary N) is 1. The Kier molecular flexibility index (Phi) is 7.36. The van der Waals surface area contributed by atoms with Crippen molar-refractivity contribution < 1.29 is 18.3 Å². The molecule has 0 aliphatic carbocycles. The third-order valence-corrected chi connectivity index (χ3v) is 5.08. The van der Waals surface area contributed by atoms with Gasteiger partial charge in [-0.25, -0.2) is 8.42 Å². The topological polar surface area (TPSA) is 83.5 Å². The van der Waals surface area contributed by atoms with Crippen molar-refractivity contribution in [2.75, 3.05) is 17.3 Å². The van der Waals surface area contributed by atoms with Gasteiger partial charge in [-0.3, -0.25) is 4.79 Å². The highest BCUT2D eigenvalue weighted by Gasteiger charge is 2.08. The first-order chi connectivity index (χ1) is 12.3. The Morgan fingerprint density at radius 1 is 1.08 bits per heavy atom. The number of benzene rings is 2. The van der Waals surface area contributed by atoms with Crippen molar-refractivity contribution in [2.24, 2.45) is 0 Å². The van der Waals surface area contributed by atoms with Crippen molar-refractivity contribution in [2.45, 2.75) is 31.8 Å². The minimum atomic E-state index is -3.03. The van der Waals surface area contributed by atoms with Crippen LogP contribution in [0.3, 0.4) is 0 Å². The summed E-state index contributed by atoms with van der Waals surface area (Å²) in [6, 6.07) is 17.0. The lowest BCUT2D eigenvalue weighted by Crippen LogP contribution is -2.13. The lowest BCUT2D eigenvalue weighted by atomic mass is 10.0. The van der Waals surface area contributed by atoms with E-state index in [-0.39, 0.29) is 18.1 Å². The van der Waals surface area contributed by atoms with Crippen LogP contribution < -0.4 is 5.32 Å². The predicted octanol–water partition coefficient (Wildman–Crippen LogP) is 3.12. The molecule has 26 heavy (non-hydrogen) atoms. The van der Waals surface area contributed by atoms with E-state index < -0.39 is 15.9 Å². The van der Waals surface area contributed by atoms with Gasteiger partial charge in [0.15, 0.2) is 0 Å². The van der Waals surface area contributed by atoms with E-state index in [1.54, 1.807) is 0 Å². The number of hydrogen-bond acceptors (Lipinski definition) is 4. The maximum atomic E-state index is 11.8. The molecule has 0 saturated carbocycles. The monoisotopic (exact) mass is 375 g/mol. The van der Waals surface area contributed by atoms with E-state index in [9.17, 15) is 18.3 Å². The fourth-order valence-corrected chi connectivity index (χ4v) is 3.29. The number of anilines is 1. The van der Waals surface area contributed by atoms with Crippen molar-refractivity contribution in [3.8, 4) is 0 Å². The standard InChI is InChI=1S/C20H25NO4S/c1-26(24,25)15-5-8-20(23)21-18-12-9-16(10-13-18)11-14-19(22)17-6-3-2-4-7-17/h2-4,6-7,9-10,12-13,19,22H,5,8,11,14-15H2,1H3,(H,21,23)/t19-/m0/s1. The number of aryl methyl sites for hydroxylation is 1. The van der Waals surface area contributed by atoms with Crippen molar-refractivity contribution in [3.05, 3.63) is 65.7 Å². The first-order valence-electron chi connectivity index (χ1n) is 8.63. The van der Waals surface area contributed by atoms with Gasteiger partial charge in [-0.1, -0.05) is 42.5 Å². The van der Waals surface area contributed by atoms with Crippen LogP contribution >= 0.6 is 0 Å². The van der Waals surface area contributed by atoms with E-state index in [1.807, 2.05) is 54.6 Å². The zero-order valence-electron chi connectivity index (χ0n) is 14.9. The van der Waals surface area contributed by atoms with E-state index >= 15 is 0 Å². The molecule has 2 aromatic carbocycles. The number of rotatable bonds is 9. The van der Waals surface area contributed by atoms with E-state index in [0.717, 1.165) is 17.5 Å². The molecule has 0 heterocycles. The summed E-state index contributed by atoms with van der Waals surface area (Å²) in [4.78, 5) is 11.8. The molecular formula is C20H25NO4S. The number of carbonyl (C=O) groups excluding carboxylic acids is 1. The SMILES string of the molecule is CS(=O)(=O)CCCC(=O)Nc1ccc(CC[C@H](O)c2ccccc2)cc1. The maximum Gasteiger partial charge on any atom is 0.224 e. The van der Waals surface area contributed by atoms with Crippen LogP contribution in [-0.2, 0) is 21.1 Å². The number of amides is 1. The quantitative estimate of drug-likeness (QED) is 0.705. The van der Waals surface area contributed by atoms with Gasteiger partial charge in [-0.05, 0) is 42.5 Å². The fraction of sp³-hybridized carbons (Fsp3) is 0.350. The average molecular weight is 375 g/mol. The van der Waals surface area contributed by atoms with Crippen molar-refractivity contribution >= 4 is 21.4 Å². The smallest absolute Gasteiger partial charge is 0.224 e. The van der Waals surface area contributed by atoms with Gasteiger partial charge < -0.3 is 10.4 Å². The summed E-state index contributed by atoms with van der Waals surface area (Å²) in [5.74, 6) is -0.177. The minimum absolute atomic E-state index is 0.0170. The van der Waals surface area contributed by atoms with Crippen LogP contribution in [0.4, 0.5) is 5.69 Å². The lowest BCUT2D eigenvalue weighted by molar-refractivity contribution is -0.116. The van der Waals surface area contributed by atoms with Crippen LogP contribution in [-0.4, -0.2) is 31.4 Å². The molecule has 5 nitrogen and oxygen atoms in total. The van der Waals surface area contributed by atoms with Gasteiger partial charge in [-0.15, -0.1) is 0 Å². The maximum absolute atomic E-state index is 11.8. The molecule has 0 fully saturated rings. The number of hydrogen-bond donors (Lipinski definition) is 2. The van der Waals surface area contributed by atoms with Crippen LogP contribution in [0.2, 0.25) is 0 Å². The van der Waals surface area contributed by atoms with E-state index in [2.05, 4.69) is 5.32 Å². The molecule has 2 N–H and O–H groups in total. The minimum Gasteiger partial charge on any atom is -0.388 e. The molecule has 2 aromatic rings. The van der Waals surface area contributed by atoms with E-state index in [0.29, 0.717) is 18.5 Å². The second kappa shape index (κ2) is 9.50. The predicted molar refractivity (Wildman–Crippen MR) is 104 cm³/mol. The molecule has 0 aliphatic rings. The molecule has 2 rings (SSSR count). The Morgan fingerprint density at radius 2 is 1.73 bits per heavy atom. The molecule has 140 valence electrons. The molecule has 0 saturated heterocycles. The Balaban J connectivity index is 1.78. The van der Waals surface area contributed by atoms with Gasteiger partial charge in [0.25, 0.3) is 0 Å². The zero-order valence-corrected chi connectivity index (χ0v) is 15.7. The summed E-state index contributed by atoms with van der Waals surface area (Å²) < 4.78 is 22.1. The third-order valence-electron chi connectivity index (χ3n) is 4.05. The van der Waals surface area contributed by atoms with Gasteiger partial charge in [0.05, 0.1) is 11.9 Å². The zero-order chi connectivity index (χ0) is 19.0. The highest BCUT2D eigenvalue weighted by atomic mass is 32.2. The van der Waals surface area contributed by atoms with Crippen LogP contribution in [0, 0.1) is 0 Å². The summed E-state index contributed by atoms with van der Waals surface area (Å²) in [6.07, 6.45) is 2.53. The van der Waals surface area contributed by atoms with Gasteiger partial charge in [0.2, 0.25) is 5.91 Å². The summed E-state index contributed by atoms with van der Waals surface area (Å²) in [7, 11) is -3.03. The molecule has 0 aliphatic heterocycles. The third kappa shape index (κ3) is 7.37. The summed E-state index contributed by atoms with van der Waals surface area (Å²) in [5.41, 5.74) is 2.67. The number of sulfone groups is 1. The number of carbonyl (C=O) groups is 1. The molecule has 1 amide bonds. The molecule has 0 aromatic heterocycles. The summed E-state index contributed by atoms with van der Waals surface area (Å²) >= 11 is 0. The second-order valence-electron chi connectivity index (χ2n) is 6.44. The van der Waals surface area contributed by atoms with Crippen molar-refractivity contribution in [1.82, 2.24) is 0 Å². The molecule has 0 bridgehead atoms. The normalized spacial score (nSPS) is 12.5. The van der Waals surface area contributed by atoms with Crippen LogP contribution in [0.5, 0.6) is 0 Å². The summed E-state index contributed by atoms with van der Waals surface area (Å²) in [5, 5.41) is 13.0. The second-order valence-corrected chi connectivity index (χ2v) is 8.70. The van der Waals surface area contributed by atoms with Gasteiger partial charge in [0.1, 0.15) is 9.84 Å². The highest BCUT2D eigenvalue weighted by molar-refractivity contribution is 7.90. The Labute approximate surface area is 155 Å². The van der Waals surface area contributed by atoms with Gasteiger partial charge >= 0.3 is 0 Å². The summed E-state index contributed by atoms with van der Waals surface area (Å²) in [6.45, 7) is 0. The van der Waals surface area contributed by atoms with Gasteiger partial charge in [0, 0.05) is 18.4 Å². The van der Waals surface area contributed by atoms with Crippen LogP contribution in [0.1, 0.15) is 36.5 Å². The molecule has 0 unspecified atom stereocenters. The molecule has 0 radical (unpaired) electrons. The Bertz CT molecular complexity index is 801. The number of aliphatic hydroxyl groups excluding tert-OH is 1.